The van der Waals surface area contributed by atoms with E-state index in [-0.39, 0.29) is 5.91 Å². The van der Waals surface area contributed by atoms with Crippen LogP contribution in [0.1, 0.15) is 32.9 Å². The summed E-state index contributed by atoms with van der Waals surface area (Å²) in [5, 5.41) is 4.70. The Hall–Kier alpha value is -2.64. The summed E-state index contributed by atoms with van der Waals surface area (Å²) in [6.45, 7) is 9.82. The molecule has 0 radical (unpaired) electrons. The zero-order valence-corrected chi connectivity index (χ0v) is 18.4. The number of carbonyl (C=O) groups is 1. The predicted octanol–water partition coefficient (Wildman–Crippen LogP) is 4.10. The summed E-state index contributed by atoms with van der Waals surface area (Å²) in [6.07, 6.45) is 1.75. The topological polar surface area (TPSA) is 62.5 Å². The van der Waals surface area contributed by atoms with Gasteiger partial charge in [-0.2, -0.15) is 0 Å². The summed E-state index contributed by atoms with van der Waals surface area (Å²) in [5.74, 6) is 0.914. The maximum Gasteiger partial charge on any atom is 0.256 e. The fourth-order valence-electron chi connectivity index (χ4n) is 3.64. The summed E-state index contributed by atoms with van der Waals surface area (Å²) in [7, 11) is 0. The van der Waals surface area contributed by atoms with E-state index >= 15 is 0 Å². The van der Waals surface area contributed by atoms with Crippen molar-refractivity contribution in [3.05, 3.63) is 70.7 Å². The van der Waals surface area contributed by atoms with Gasteiger partial charge in [-0.1, -0.05) is 34.6 Å². The van der Waals surface area contributed by atoms with Crippen molar-refractivity contribution < 1.29 is 9.32 Å². The molecule has 0 N–H and O–H groups in total. The van der Waals surface area contributed by atoms with E-state index in [0.29, 0.717) is 18.7 Å². The van der Waals surface area contributed by atoms with Gasteiger partial charge in [-0.05, 0) is 44.5 Å². The SMILES string of the molecule is Cc1ccc(Sc2ncccc2C(=O)N2CCN(Cc3cc(C)no3)CC2)c(C)c1. The molecule has 4 rings (SSSR count). The second kappa shape index (κ2) is 9.02. The summed E-state index contributed by atoms with van der Waals surface area (Å²) < 4.78 is 5.32. The normalized spacial score (nSPS) is 14.8. The molecule has 30 heavy (non-hydrogen) atoms. The summed E-state index contributed by atoms with van der Waals surface area (Å²) in [5.41, 5.74) is 3.99. The van der Waals surface area contributed by atoms with E-state index < -0.39 is 0 Å². The molecule has 0 saturated carbocycles. The number of aryl methyl sites for hydroxylation is 3. The van der Waals surface area contributed by atoms with E-state index in [1.54, 1.807) is 18.0 Å². The van der Waals surface area contributed by atoms with Gasteiger partial charge in [-0.3, -0.25) is 9.69 Å². The van der Waals surface area contributed by atoms with Gasteiger partial charge in [0.1, 0.15) is 5.03 Å². The summed E-state index contributed by atoms with van der Waals surface area (Å²) in [4.78, 5) is 23.1. The maximum atomic E-state index is 13.2. The minimum absolute atomic E-state index is 0.0468. The van der Waals surface area contributed by atoms with Crippen molar-refractivity contribution in [2.75, 3.05) is 26.2 Å². The smallest absolute Gasteiger partial charge is 0.256 e. The first kappa shape index (κ1) is 20.6. The number of hydrogen-bond donors (Lipinski definition) is 0. The Kier molecular flexibility index (Phi) is 6.20. The molecule has 1 saturated heterocycles. The average molecular weight is 423 g/mol. The number of carbonyl (C=O) groups excluding carboxylic acids is 1. The minimum Gasteiger partial charge on any atom is -0.360 e. The fraction of sp³-hybridized carbons (Fsp3) is 0.348. The Bertz CT molecular complexity index is 1040. The molecule has 2 aromatic heterocycles. The molecule has 156 valence electrons. The monoisotopic (exact) mass is 422 g/mol. The lowest BCUT2D eigenvalue weighted by Gasteiger charge is -2.34. The number of amides is 1. The molecule has 1 fully saturated rings. The Balaban J connectivity index is 1.43. The number of hydrogen-bond acceptors (Lipinski definition) is 6. The fourth-order valence-corrected chi connectivity index (χ4v) is 4.59. The van der Waals surface area contributed by atoms with Crippen molar-refractivity contribution in [2.24, 2.45) is 0 Å². The predicted molar refractivity (Wildman–Crippen MR) is 117 cm³/mol. The van der Waals surface area contributed by atoms with Gasteiger partial charge in [-0.15, -0.1) is 0 Å². The van der Waals surface area contributed by atoms with Crippen LogP contribution in [-0.4, -0.2) is 52.0 Å². The van der Waals surface area contributed by atoms with Crippen LogP contribution in [0.2, 0.25) is 0 Å². The zero-order chi connectivity index (χ0) is 21.1. The van der Waals surface area contributed by atoms with Gasteiger partial charge >= 0.3 is 0 Å². The highest BCUT2D eigenvalue weighted by atomic mass is 32.2. The first-order valence-corrected chi connectivity index (χ1v) is 11.0. The molecule has 0 spiro atoms. The Morgan fingerprint density at radius 1 is 1.10 bits per heavy atom. The number of aromatic nitrogens is 2. The third-order valence-electron chi connectivity index (χ3n) is 5.25. The van der Waals surface area contributed by atoms with E-state index in [1.807, 2.05) is 30.0 Å². The molecule has 0 atom stereocenters. The number of pyridine rings is 1. The van der Waals surface area contributed by atoms with Gasteiger partial charge in [0.05, 0.1) is 17.8 Å². The molecular formula is C23H26N4O2S. The van der Waals surface area contributed by atoms with Crippen LogP contribution in [0, 0.1) is 20.8 Å². The molecule has 1 aromatic carbocycles. The largest absolute Gasteiger partial charge is 0.360 e. The van der Waals surface area contributed by atoms with Gasteiger partial charge < -0.3 is 9.42 Å². The minimum atomic E-state index is 0.0468. The van der Waals surface area contributed by atoms with Crippen molar-refractivity contribution >= 4 is 17.7 Å². The van der Waals surface area contributed by atoms with Gasteiger partial charge in [0.15, 0.2) is 5.76 Å². The quantitative estimate of drug-likeness (QED) is 0.617. The lowest BCUT2D eigenvalue weighted by molar-refractivity contribution is 0.0613. The Morgan fingerprint density at radius 2 is 1.90 bits per heavy atom. The van der Waals surface area contributed by atoms with Crippen molar-refractivity contribution in [1.29, 1.82) is 0 Å². The summed E-state index contributed by atoms with van der Waals surface area (Å²) >= 11 is 1.56. The second-order valence-electron chi connectivity index (χ2n) is 7.73. The van der Waals surface area contributed by atoms with Crippen LogP contribution < -0.4 is 0 Å². The number of piperazine rings is 1. The molecule has 0 bridgehead atoms. The zero-order valence-electron chi connectivity index (χ0n) is 17.6. The number of rotatable bonds is 5. The lowest BCUT2D eigenvalue weighted by Crippen LogP contribution is -2.48. The summed E-state index contributed by atoms with van der Waals surface area (Å²) in [6, 6.07) is 12.0. The van der Waals surface area contributed by atoms with Gasteiger partial charge in [0.25, 0.3) is 5.91 Å². The first-order valence-electron chi connectivity index (χ1n) is 10.1. The van der Waals surface area contributed by atoms with Crippen LogP contribution in [0.4, 0.5) is 0 Å². The number of nitrogens with zero attached hydrogens (tertiary/aromatic N) is 4. The van der Waals surface area contributed by atoms with Crippen molar-refractivity contribution in [1.82, 2.24) is 19.9 Å². The van der Waals surface area contributed by atoms with Gasteiger partial charge in [-0.25, -0.2) is 4.98 Å². The van der Waals surface area contributed by atoms with Crippen LogP contribution in [0.5, 0.6) is 0 Å². The standard InChI is InChI=1S/C23H26N4O2S/c1-16-6-7-21(17(2)13-16)30-22-20(5-4-8-24-22)23(28)27-11-9-26(10-12-27)15-19-14-18(3)25-29-19/h4-8,13-14H,9-12,15H2,1-3H3. The van der Waals surface area contributed by atoms with E-state index in [4.69, 9.17) is 4.52 Å². The van der Waals surface area contributed by atoms with Crippen molar-refractivity contribution in [3.8, 4) is 0 Å². The highest BCUT2D eigenvalue weighted by Gasteiger charge is 2.25. The van der Waals surface area contributed by atoms with Gasteiger partial charge in [0, 0.05) is 43.3 Å². The molecule has 3 heterocycles. The third kappa shape index (κ3) is 4.74. The first-order chi connectivity index (χ1) is 14.5. The lowest BCUT2D eigenvalue weighted by atomic mass is 10.2. The van der Waals surface area contributed by atoms with Crippen LogP contribution in [0.25, 0.3) is 0 Å². The second-order valence-corrected chi connectivity index (χ2v) is 8.76. The van der Waals surface area contributed by atoms with Crippen LogP contribution >= 0.6 is 11.8 Å². The Labute approximate surface area is 181 Å². The van der Waals surface area contributed by atoms with E-state index in [2.05, 4.69) is 47.1 Å². The van der Waals surface area contributed by atoms with Gasteiger partial charge in [0.2, 0.25) is 0 Å². The van der Waals surface area contributed by atoms with Crippen LogP contribution in [-0.2, 0) is 6.54 Å². The molecule has 6 nitrogen and oxygen atoms in total. The van der Waals surface area contributed by atoms with Crippen molar-refractivity contribution in [2.45, 2.75) is 37.2 Å². The van der Waals surface area contributed by atoms with Crippen LogP contribution in [0.15, 0.2) is 57.0 Å². The van der Waals surface area contributed by atoms with E-state index in [0.717, 1.165) is 41.0 Å². The molecule has 1 amide bonds. The molecule has 0 unspecified atom stereocenters. The number of benzene rings is 1. The molecular weight excluding hydrogens is 396 g/mol. The molecule has 0 aliphatic carbocycles. The highest BCUT2D eigenvalue weighted by molar-refractivity contribution is 7.99. The van der Waals surface area contributed by atoms with Crippen molar-refractivity contribution in [3.63, 3.8) is 0 Å². The maximum absolute atomic E-state index is 13.2. The highest BCUT2D eigenvalue weighted by Crippen LogP contribution is 2.32. The molecule has 3 aromatic rings. The Morgan fingerprint density at radius 3 is 2.60 bits per heavy atom. The third-order valence-corrected chi connectivity index (χ3v) is 6.45. The van der Waals surface area contributed by atoms with E-state index in [9.17, 15) is 4.79 Å². The molecule has 7 heteroatoms. The van der Waals surface area contributed by atoms with E-state index in [1.165, 1.54) is 11.1 Å². The molecule has 1 aliphatic heterocycles. The average Bonchev–Trinajstić information content (AvgIpc) is 3.15. The molecule has 1 aliphatic rings. The van der Waals surface area contributed by atoms with Crippen LogP contribution in [0.3, 0.4) is 0 Å².